The number of nitrogens with one attached hydrogen (secondary N) is 3. The number of hydrogen-bond acceptors (Lipinski definition) is 3. The Morgan fingerprint density at radius 1 is 1.30 bits per heavy atom. The molecule has 1 aromatic carbocycles. The van der Waals surface area contributed by atoms with Gasteiger partial charge in [0, 0.05) is 11.6 Å². The van der Waals surface area contributed by atoms with E-state index < -0.39 is 0 Å². The first-order valence-electron chi connectivity index (χ1n) is 7.04. The van der Waals surface area contributed by atoms with Crippen molar-refractivity contribution in [3.63, 3.8) is 0 Å². The van der Waals surface area contributed by atoms with Crippen LogP contribution >= 0.6 is 0 Å². The van der Waals surface area contributed by atoms with Crippen LogP contribution in [0.25, 0.3) is 22.3 Å². The van der Waals surface area contributed by atoms with Gasteiger partial charge in [-0.2, -0.15) is 5.10 Å². The summed E-state index contributed by atoms with van der Waals surface area (Å²) in [6.07, 6.45) is 4.14. The summed E-state index contributed by atoms with van der Waals surface area (Å²) in [7, 11) is 0. The van der Waals surface area contributed by atoms with Crippen LogP contribution in [0.2, 0.25) is 0 Å². The Morgan fingerprint density at radius 2 is 2.25 bits per heavy atom. The molecule has 102 valence electrons. The van der Waals surface area contributed by atoms with Crippen LogP contribution in [0.1, 0.15) is 30.1 Å². The smallest absolute Gasteiger partial charge is 0.0954 e. The average Bonchev–Trinajstić information content (AvgIpc) is 3.17. The van der Waals surface area contributed by atoms with Crippen LogP contribution in [0, 0.1) is 6.92 Å². The van der Waals surface area contributed by atoms with Crippen LogP contribution in [0.5, 0.6) is 0 Å². The Bertz CT molecular complexity index is 749. The highest BCUT2D eigenvalue weighted by Crippen LogP contribution is 2.30. The predicted molar refractivity (Wildman–Crippen MR) is 78.4 cm³/mol. The van der Waals surface area contributed by atoms with Crippen molar-refractivity contribution in [2.75, 3.05) is 6.54 Å². The van der Waals surface area contributed by atoms with Crippen LogP contribution in [-0.2, 0) is 0 Å². The van der Waals surface area contributed by atoms with Crippen molar-refractivity contribution in [2.24, 2.45) is 0 Å². The van der Waals surface area contributed by atoms with Crippen molar-refractivity contribution in [3.05, 3.63) is 35.8 Å². The third-order valence-electron chi connectivity index (χ3n) is 4.15. The van der Waals surface area contributed by atoms with E-state index >= 15 is 0 Å². The minimum atomic E-state index is 0.423. The highest BCUT2D eigenvalue weighted by Gasteiger charge is 2.22. The molecule has 1 atom stereocenters. The minimum absolute atomic E-state index is 0.423. The third-order valence-corrected chi connectivity index (χ3v) is 4.15. The molecule has 1 saturated heterocycles. The maximum absolute atomic E-state index is 4.52. The summed E-state index contributed by atoms with van der Waals surface area (Å²) in [6, 6.07) is 6.64. The summed E-state index contributed by atoms with van der Waals surface area (Å²) in [5.74, 6) is 0. The summed E-state index contributed by atoms with van der Waals surface area (Å²) >= 11 is 0. The van der Waals surface area contributed by atoms with Gasteiger partial charge in [0.25, 0.3) is 0 Å². The van der Waals surface area contributed by atoms with Crippen molar-refractivity contribution >= 4 is 11.0 Å². The van der Waals surface area contributed by atoms with Crippen LogP contribution in [-0.4, -0.2) is 26.7 Å². The summed E-state index contributed by atoms with van der Waals surface area (Å²) in [5, 5.41) is 11.3. The number of rotatable bonds is 2. The lowest BCUT2D eigenvalue weighted by atomic mass is 10.0. The lowest BCUT2D eigenvalue weighted by molar-refractivity contribution is 0.622. The molecule has 1 aliphatic rings. The van der Waals surface area contributed by atoms with E-state index in [1.165, 1.54) is 24.1 Å². The number of aromatic amines is 2. The van der Waals surface area contributed by atoms with Crippen molar-refractivity contribution < 1.29 is 0 Å². The van der Waals surface area contributed by atoms with Gasteiger partial charge >= 0.3 is 0 Å². The van der Waals surface area contributed by atoms with Gasteiger partial charge in [0.05, 0.1) is 28.7 Å². The second kappa shape index (κ2) is 4.45. The summed E-state index contributed by atoms with van der Waals surface area (Å²) in [6.45, 7) is 3.24. The molecular weight excluding hydrogens is 250 g/mol. The largest absolute Gasteiger partial charge is 0.345 e. The topological polar surface area (TPSA) is 69.4 Å². The zero-order valence-corrected chi connectivity index (χ0v) is 11.4. The fourth-order valence-electron chi connectivity index (χ4n) is 3.05. The Kier molecular flexibility index (Phi) is 2.60. The van der Waals surface area contributed by atoms with E-state index in [0.29, 0.717) is 6.04 Å². The first kappa shape index (κ1) is 11.7. The van der Waals surface area contributed by atoms with Crippen LogP contribution in [0.3, 0.4) is 0 Å². The fourth-order valence-corrected chi connectivity index (χ4v) is 3.05. The first-order chi connectivity index (χ1) is 9.83. The van der Waals surface area contributed by atoms with E-state index in [-0.39, 0.29) is 0 Å². The number of aromatic nitrogens is 4. The number of benzene rings is 1. The fraction of sp³-hybridized carbons (Fsp3) is 0.333. The Hall–Kier alpha value is -2.14. The molecule has 0 bridgehead atoms. The van der Waals surface area contributed by atoms with Crippen molar-refractivity contribution in [3.8, 4) is 11.3 Å². The molecule has 4 rings (SSSR count). The molecule has 3 N–H and O–H groups in total. The van der Waals surface area contributed by atoms with E-state index in [4.69, 9.17) is 0 Å². The number of hydrogen-bond donors (Lipinski definition) is 3. The monoisotopic (exact) mass is 267 g/mol. The first-order valence-corrected chi connectivity index (χ1v) is 7.04. The van der Waals surface area contributed by atoms with Gasteiger partial charge in [0.15, 0.2) is 0 Å². The van der Waals surface area contributed by atoms with E-state index in [9.17, 15) is 0 Å². The van der Waals surface area contributed by atoms with Crippen molar-refractivity contribution in [2.45, 2.75) is 25.8 Å². The molecule has 0 saturated carbocycles. The second-order valence-electron chi connectivity index (χ2n) is 5.39. The molecule has 20 heavy (non-hydrogen) atoms. The SMILES string of the molecule is Cc1c(-c2ccc3nc[nH]c3c2)n[nH]c1C1CCCN1. The van der Waals surface area contributed by atoms with Gasteiger partial charge in [0.2, 0.25) is 0 Å². The van der Waals surface area contributed by atoms with Crippen LogP contribution in [0.4, 0.5) is 0 Å². The zero-order chi connectivity index (χ0) is 13.5. The van der Waals surface area contributed by atoms with Crippen LogP contribution < -0.4 is 5.32 Å². The lowest BCUT2D eigenvalue weighted by Gasteiger charge is -2.08. The standard InChI is InChI=1S/C15H17N5/c1-9-14(19-20-15(9)12-3-2-6-16-12)10-4-5-11-13(7-10)18-8-17-11/h4-5,7-8,12,16H,2-3,6H2,1H3,(H,17,18)(H,19,20). The average molecular weight is 267 g/mol. The molecule has 0 amide bonds. The molecule has 0 radical (unpaired) electrons. The normalized spacial score (nSPS) is 18.9. The van der Waals surface area contributed by atoms with Gasteiger partial charge in [-0.05, 0) is 44.0 Å². The summed E-state index contributed by atoms with van der Waals surface area (Å²) < 4.78 is 0. The predicted octanol–water partition coefficient (Wildman–Crippen LogP) is 2.69. The molecular formula is C15H17N5. The van der Waals surface area contributed by atoms with Gasteiger partial charge in [-0.1, -0.05) is 6.07 Å². The number of imidazole rings is 1. The highest BCUT2D eigenvalue weighted by molar-refractivity contribution is 5.81. The molecule has 3 heterocycles. The number of nitrogens with zero attached hydrogens (tertiary/aromatic N) is 2. The van der Waals surface area contributed by atoms with Gasteiger partial charge < -0.3 is 10.3 Å². The summed E-state index contributed by atoms with van der Waals surface area (Å²) in [4.78, 5) is 7.40. The molecule has 0 spiro atoms. The number of H-pyrrole nitrogens is 2. The van der Waals surface area contributed by atoms with Crippen molar-refractivity contribution in [1.82, 2.24) is 25.5 Å². The minimum Gasteiger partial charge on any atom is -0.345 e. The van der Waals surface area contributed by atoms with Gasteiger partial charge in [-0.3, -0.25) is 5.10 Å². The third kappa shape index (κ3) is 1.74. The quantitative estimate of drug-likeness (QED) is 0.668. The number of fused-ring (bicyclic) bond motifs is 1. The van der Waals surface area contributed by atoms with Gasteiger partial charge in [0.1, 0.15) is 0 Å². The lowest BCUT2D eigenvalue weighted by Crippen LogP contribution is -2.14. The molecule has 1 aliphatic heterocycles. The molecule has 1 unspecified atom stereocenters. The molecule has 0 aliphatic carbocycles. The maximum Gasteiger partial charge on any atom is 0.0954 e. The zero-order valence-electron chi connectivity index (χ0n) is 11.4. The molecule has 3 aromatic rings. The van der Waals surface area contributed by atoms with E-state index in [0.717, 1.165) is 28.8 Å². The maximum atomic E-state index is 4.52. The van der Waals surface area contributed by atoms with Crippen LogP contribution in [0.15, 0.2) is 24.5 Å². The van der Waals surface area contributed by atoms with Crippen molar-refractivity contribution in [1.29, 1.82) is 0 Å². The van der Waals surface area contributed by atoms with Gasteiger partial charge in [-0.15, -0.1) is 0 Å². The van der Waals surface area contributed by atoms with E-state index in [1.54, 1.807) is 6.33 Å². The van der Waals surface area contributed by atoms with E-state index in [2.05, 4.69) is 44.5 Å². The van der Waals surface area contributed by atoms with Gasteiger partial charge in [-0.25, -0.2) is 4.98 Å². The van der Waals surface area contributed by atoms with E-state index in [1.807, 2.05) is 6.07 Å². The molecule has 5 nitrogen and oxygen atoms in total. The summed E-state index contributed by atoms with van der Waals surface area (Å²) in [5.41, 5.74) is 6.65. The Balaban J connectivity index is 1.77. The highest BCUT2D eigenvalue weighted by atomic mass is 15.1. The second-order valence-corrected chi connectivity index (χ2v) is 5.39. The molecule has 5 heteroatoms. The molecule has 1 fully saturated rings. The Morgan fingerprint density at radius 3 is 3.10 bits per heavy atom. The molecule has 2 aromatic heterocycles. The Labute approximate surface area is 116 Å².